The number of fused-ring (bicyclic) bond motifs is 3. The summed E-state index contributed by atoms with van der Waals surface area (Å²) in [5, 5.41) is 10.6. The van der Waals surface area contributed by atoms with Crippen molar-refractivity contribution in [1.82, 2.24) is 14.5 Å². The lowest BCUT2D eigenvalue weighted by Crippen LogP contribution is -2.23. The lowest BCUT2D eigenvalue weighted by atomic mass is 10.1. The van der Waals surface area contributed by atoms with Gasteiger partial charge in [0, 0.05) is 18.5 Å². The van der Waals surface area contributed by atoms with E-state index in [0.29, 0.717) is 32.6 Å². The summed E-state index contributed by atoms with van der Waals surface area (Å²) in [5.41, 5.74) is 1.94. The van der Waals surface area contributed by atoms with Crippen molar-refractivity contribution in [3.63, 3.8) is 0 Å². The predicted molar refractivity (Wildman–Crippen MR) is 89.7 cm³/mol. The molecule has 0 atom stereocenters. The zero-order chi connectivity index (χ0) is 16.7. The molecule has 6 heteroatoms. The molecular formula is C18H19N3O3. The van der Waals surface area contributed by atoms with Crippen LogP contribution < -0.4 is 0 Å². The van der Waals surface area contributed by atoms with Gasteiger partial charge in [-0.25, -0.2) is 4.98 Å². The number of benzene rings is 1. The molecule has 0 amide bonds. The Morgan fingerprint density at radius 1 is 1.33 bits per heavy atom. The van der Waals surface area contributed by atoms with Gasteiger partial charge in [-0.3, -0.25) is 9.78 Å². The zero-order valence-corrected chi connectivity index (χ0v) is 13.5. The standard InChI is InChI=1S/C18H19N3O3/c1-2-24-10-15-20-14-9-19-13-6-4-3-5-12(13)16(14)21(15)11-18(7-8-18)17(22)23/h3-6,9H,2,7-8,10-11H2,1H3,(H,22,23). The Labute approximate surface area is 139 Å². The van der Waals surface area contributed by atoms with Crippen LogP contribution in [0.1, 0.15) is 25.6 Å². The summed E-state index contributed by atoms with van der Waals surface area (Å²) in [6, 6.07) is 7.88. The fourth-order valence-electron chi connectivity index (χ4n) is 3.18. The smallest absolute Gasteiger partial charge is 0.311 e. The second-order valence-corrected chi connectivity index (χ2v) is 6.35. The highest BCUT2D eigenvalue weighted by Crippen LogP contribution is 2.48. The molecule has 124 valence electrons. The molecule has 0 aliphatic heterocycles. The molecule has 1 aliphatic rings. The van der Waals surface area contributed by atoms with Crippen LogP contribution in [0.5, 0.6) is 0 Å². The largest absolute Gasteiger partial charge is 0.481 e. The number of aromatic nitrogens is 3. The Morgan fingerprint density at radius 3 is 2.83 bits per heavy atom. The highest BCUT2D eigenvalue weighted by Gasteiger charge is 2.51. The van der Waals surface area contributed by atoms with Crippen LogP contribution in [0.2, 0.25) is 0 Å². The lowest BCUT2D eigenvalue weighted by Gasteiger charge is -2.15. The highest BCUT2D eigenvalue weighted by atomic mass is 16.5. The summed E-state index contributed by atoms with van der Waals surface area (Å²) in [4.78, 5) is 20.8. The molecule has 3 aromatic rings. The fraction of sp³-hybridized carbons (Fsp3) is 0.389. The normalized spacial score (nSPS) is 15.9. The van der Waals surface area contributed by atoms with Crippen molar-refractivity contribution in [3.05, 3.63) is 36.3 Å². The Hall–Kier alpha value is -2.47. The van der Waals surface area contributed by atoms with Gasteiger partial charge in [0.15, 0.2) is 0 Å². The lowest BCUT2D eigenvalue weighted by molar-refractivity contribution is -0.143. The van der Waals surface area contributed by atoms with E-state index >= 15 is 0 Å². The molecule has 2 heterocycles. The van der Waals surface area contributed by atoms with Crippen molar-refractivity contribution < 1.29 is 14.6 Å². The quantitative estimate of drug-likeness (QED) is 0.754. The van der Waals surface area contributed by atoms with Crippen molar-refractivity contribution in [2.75, 3.05) is 6.61 Å². The number of ether oxygens (including phenoxy) is 1. The van der Waals surface area contributed by atoms with Crippen LogP contribution in [0.25, 0.3) is 21.9 Å². The van der Waals surface area contributed by atoms with Gasteiger partial charge >= 0.3 is 5.97 Å². The molecule has 1 aliphatic carbocycles. The summed E-state index contributed by atoms with van der Waals surface area (Å²) >= 11 is 0. The number of para-hydroxylation sites is 1. The number of carboxylic acid groups (broad SMARTS) is 1. The minimum absolute atomic E-state index is 0.370. The molecule has 1 aromatic carbocycles. The first kappa shape index (κ1) is 15.1. The summed E-state index contributed by atoms with van der Waals surface area (Å²) in [6.45, 7) is 3.32. The van der Waals surface area contributed by atoms with E-state index in [0.717, 1.165) is 27.8 Å². The van der Waals surface area contributed by atoms with E-state index in [2.05, 4.69) is 9.97 Å². The molecule has 0 bridgehead atoms. The number of rotatable bonds is 6. The van der Waals surface area contributed by atoms with Gasteiger partial charge in [-0.05, 0) is 25.8 Å². The molecule has 4 rings (SSSR count). The van der Waals surface area contributed by atoms with Crippen molar-refractivity contribution in [1.29, 1.82) is 0 Å². The first-order valence-electron chi connectivity index (χ1n) is 8.18. The van der Waals surface area contributed by atoms with Gasteiger partial charge in [0.25, 0.3) is 0 Å². The Morgan fingerprint density at radius 2 is 2.12 bits per heavy atom. The number of carbonyl (C=O) groups is 1. The van der Waals surface area contributed by atoms with Gasteiger partial charge in [0.1, 0.15) is 17.9 Å². The number of aliphatic carboxylic acids is 1. The van der Waals surface area contributed by atoms with Gasteiger partial charge in [-0.1, -0.05) is 18.2 Å². The van der Waals surface area contributed by atoms with Crippen molar-refractivity contribution in [3.8, 4) is 0 Å². The van der Waals surface area contributed by atoms with E-state index in [1.165, 1.54) is 0 Å². The SMILES string of the molecule is CCOCc1nc2cnc3ccccc3c2n1CC1(C(=O)O)CC1. The number of carboxylic acids is 1. The third kappa shape index (κ3) is 2.34. The first-order valence-corrected chi connectivity index (χ1v) is 8.18. The van der Waals surface area contributed by atoms with Crippen molar-refractivity contribution in [2.45, 2.75) is 32.9 Å². The predicted octanol–water partition coefficient (Wildman–Crippen LogP) is 2.99. The number of hydrogen-bond acceptors (Lipinski definition) is 4. The van der Waals surface area contributed by atoms with E-state index in [9.17, 15) is 9.90 Å². The van der Waals surface area contributed by atoms with E-state index in [-0.39, 0.29) is 0 Å². The van der Waals surface area contributed by atoms with Gasteiger partial charge in [0.05, 0.1) is 22.6 Å². The maximum Gasteiger partial charge on any atom is 0.311 e. The first-order chi connectivity index (χ1) is 11.6. The van der Waals surface area contributed by atoms with Gasteiger partial charge in [-0.2, -0.15) is 0 Å². The molecule has 0 unspecified atom stereocenters. The molecule has 2 aromatic heterocycles. The monoisotopic (exact) mass is 325 g/mol. The minimum atomic E-state index is -0.731. The molecule has 1 saturated carbocycles. The molecule has 24 heavy (non-hydrogen) atoms. The number of nitrogens with zero attached hydrogens (tertiary/aromatic N) is 3. The minimum Gasteiger partial charge on any atom is -0.481 e. The number of imidazole rings is 1. The number of hydrogen-bond donors (Lipinski definition) is 1. The Balaban J connectivity index is 1.92. The second-order valence-electron chi connectivity index (χ2n) is 6.35. The molecule has 0 spiro atoms. The zero-order valence-electron chi connectivity index (χ0n) is 13.5. The average Bonchev–Trinajstić information content (AvgIpc) is 3.29. The molecule has 1 fully saturated rings. The average molecular weight is 325 g/mol. The van der Waals surface area contributed by atoms with E-state index in [4.69, 9.17) is 4.74 Å². The molecular weight excluding hydrogens is 306 g/mol. The van der Waals surface area contributed by atoms with Gasteiger partial charge in [0.2, 0.25) is 0 Å². The van der Waals surface area contributed by atoms with Crippen LogP contribution in [-0.4, -0.2) is 32.2 Å². The van der Waals surface area contributed by atoms with Crippen LogP contribution in [0.15, 0.2) is 30.5 Å². The Kier molecular flexibility index (Phi) is 3.49. The van der Waals surface area contributed by atoms with Crippen LogP contribution in [0, 0.1) is 5.41 Å². The molecule has 1 N–H and O–H groups in total. The maximum absolute atomic E-state index is 11.7. The summed E-state index contributed by atoms with van der Waals surface area (Å²) < 4.78 is 7.57. The summed E-state index contributed by atoms with van der Waals surface area (Å²) in [5.74, 6) is 0.0302. The number of pyridine rings is 1. The molecule has 0 radical (unpaired) electrons. The summed E-state index contributed by atoms with van der Waals surface area (Å²) in [7, 11) is 0. The molecule has 6 nitrogen and oxygen atoms in total. The Bertz CT molecular complexity index is 928. The third-order valence-corrected chi connectivity index (χ3v) is 4.76. The van der Waals surface area contributed by atoms with E-state index in [1.807, 2.05) is 35.8 Å². The fourth-order valence-corrected chi connectivity index (χ4v) is 3.18. The van der Waals surface area contributed by atoms with Gasteiger partial charge < -0.3 is 14.4 Å². The van der Waals surface area contributed by atoms with Crippen molar-refractivity contribution in [2.24, 2.45) is 5.41 Å². The van der Waals surface area contributed by atoms with E-state index in [1.54, 1.807) is 6.20 Å². The maximum atomic E-state index is 11.7. The van der Waals surface area contributed by atoms with Crippen LogP contribution >= 0.6 is 0 Å². The third-order valence-electron chi connectivity index (χ3n) is 4.76. The summed E-state index contributed by atoms with van der Waals surface area (Å²) in [6.07, 6.45) is 3.17. The topological polar surface area (TPSA) is 77.2 Å². The van der Waals surface area contributed by atoms with Crippen molar-refractivity contribution >= 4 is 27.9 Å². The van der Waals surface area contributed by atoms with Crippen LogP contribution in [0.4, 0.5) is 0 Å². The molecule has 0 saturated heterocycles. The van der Waals surface area contributed by atoms with E-state index < -0.39 is 11.4 Å². The van der Waals surface area contributed by atoms with Crippen LogP contribution in [0.3, 0.4) is 0 Å². The van der Waals surface area contributed by atoms with Gasteiger partial charge in [-0.15, -0.1) is 0 Å². The van der Waals surface area contributed by atoms with Crippen LogP contribution in [-0.2, 0) is 22.7 Å². The highest BCUT2D eigenvalue weighted by molar-refractivity contribution is 6.02. The second kappa shape index (κ2) is 5.56.